The molecule has 0 bridgehead atoms. The Hall–Kier alpha value is -1.98. The molecule has 0 saturated heterocycles. The van der Waals surface area contributed by atoms with Gasteiger partial charge in [-0.2, -0.15) is 0 Å². The van der Waals surface area contributed by atoms with E-state index in [2.05, 4.69) is 10.6 Å². The largest absolute Gasteiger partial charge is 0.325 e. The van der Waals surface area contributed by atoms with Crippen molar-refractivity contribution in [2.24, 2.45) is 0 Å². The maximum atomic E-state index is 13.0. The summed E-state index contributed by atoms with van der Waals surface area (Å²) >= 11 is 5.62. The Morgan fingerprint density at radius 2 is 1.81 bits per heavy atom. The molecule has 2 rings (SSSR count). The molecule has 0 saturated carbocycles. The summed E-state index contributed by atoms with van der Waals surface area (Å²) in [4.78, 5) is 11.7. The maximum Gasteiger partial charge on any atom is 0.238 e. The van der Waals surface area contributed by atoms with Crippen molar-refractivity contribution in [2.45, 2.75) is 6.54 Å². The second-order valence-electron chi connectivity index (χ2n) is 4.41. The van der Waals surface area contributed by atoms with Gasteiger partial charge in [0, 0.05) is 12.2 Å². The lowest BCUT2D eigenvalue weighted by Crippen LogP contribution is -2.27. The predicted octanol–water partition coefficient (Wildman–Crippen LogP) is 3.35. The van der Waals surface area contributed by atoms with Gasteiger partial charge in [-0.25, -0.2) is 8.78 Å². The zero-order valence-corrected chi connectivity index (χ0v) is 11.8. The van der Waals surface area contributed by atoms with Gasteiger partial charge in [0.2, 0.25) is 5.91 Å². The molecule has 0 aliphatic carbocycles. The fourth-order valence-electron chi connectivity index (χ4n) is 1.70. The van der Waals surface area contributed by atoms with Crippen molar-refractivity contribution in [3.05, 3.63) is 64.7 Å². The number of hydrogen-bond donors (Lipinski definition) is 2. The zero-order valence-electron chi connectivity index (χ0n) is 11.0. The SMILES string of the molecule is O=C(CNCc1ccc(F)cc1)Nc1ccc(F)c(Cl)c1. The van der Waals surface area contributed by atoms with Crippen LogP contribution in [0.2, 0.25) is 5.02 Å². The monoisotopic (exact) mass is 310 g/mol. The number of benzene rings is 2. The van der Waals surface area contributed by atoms with Gasteiger partial charge in [0.1, 0.15) is 11.6 Å². The first-order chi connectivity index (χ1) is 10.0. The number of nitrogens with one attached hydrogen (secondary N) is 2. The van der Waals surface area contributed by atoms with E-state index in [1.165, 1.54) is 30.3 Å². The summed E-state index contributed by atoms with van der Waals surface area (Å²) in [5.74, 6) is -1.12. The molecule has 21 heavy (non-hydrogen) atoms. The lowest BCUT2D eigenvalue weighted by Gasteiger charge is -2.07. The number of amides is 1. The van der Waals surface area contributed by atoms with Gasteiger partial charge >= 0.3 is 0 Å². The zero-order chi connectivity index (χ0) is 15.2. The van der Waals surface area contributed by atoms with Crippen LogP contribution in [-0.4, -0.2) is 12.5 Å². The van der Waals surface area contributed by atoms with E-state index >= 15 is 0 Å². The molecule has 0 radical (unpaired) electrons. The summed E-state index contributed by atoms with van der Waals surface area (Å²) < 4.78 is 25.7. The van der Waals surface area contributed by atoms with Gasteiger partial charge in [0.15, 0.2) is 0 Å². The molecule has 1 amide bonds. The fourth-order valence-corrected chi connectivity index (χ4v) is 1.88. The third-order valence-corrected chi connectivity index (χ3v) is 3.02. The van der Waals surface area contributed by atoms with Gasteiger partial charge in [-0.15, -0.1) is 0 Å². The smallest absolute Gasteiger partial charge is 0.238 e. The summed E-state index contributed by atoms with van der Waals surface area (Å²) in [6.07, 6.45) is 0. The Balaban J connectivity index is 1.79. The van der Waals surface area contributed by atoms with Crippen LogP contribution >= 0.6 is 11.6 Å². The lowest BCUT2D eigenvalue weighted by molar-refractivity contribution is -0.115. The Kier molecular flexibility index (Phi) is 5.25. The average Bonchev–Trinajstić information content (AvgIpc) is 2.45. The standard InChI is InChI=1S/C15H13ClF2N2O/c16-13-7-12(5-6-14(13)18)20-15(21)9-19-8-10-1-3-11(17)4-2-10/h1-7,19H,8-9H2,(H,20,21). The van der Waals surface area contributed by atoms with Crippen LogP contribution in [-0.2, 0) is 11.3 Å². The molecule has 0 heterocycles. The van der Waals surface area contributed by atoms with E-state index in [-0.39, 0.29) is 23.3 Å². The highest BCUT2D eigenvalue weighted by Gasteiger charge is 2.05. The van der Waals surface area contributed by atoms with Crippen molar-refractivity contribution in [1.29, 1.82) is 0 Å². The highest BCUT2D eigenvalue weighted by Crippen LogP contribution is 2.19. The molecule has 0 aromatic heterocycles. The third-order valence-electron chi connectivity index (χ3n) is 2.73. The summed E-state index contributed by atoms with van der Waals surface area (Å²) in [7, 11) is 0. The summed E-state index contributed by atoms with van der Waals surface area (Å²) in [6, 6.07) is 9.95. The van der Waals surface area contributed by atoms with Crippen molar-refractivity contribution in [2.75, 3.05) is 11.9 Å². The fraction of sp³-hybridized carbons (Fsp3) is 0.133. The van der Waals surface area contributed by atoms with Gasteiger partial charge in [-0.05, 0) is 35.9 Å². The lowest BCUT2D eigenvalue weighted by atomic mass is 10.2. The number of carbonyl (C=O) groups excluding carboxylic acids is 1. The van der Waals surface area contributed by atoms with Crippen molar-refractivity contribution >= 4 is 23.2 Å². The summed E-state index contributed by atoms with van der Waals surface area (Å²) in [5.41, 5.74) is 1.30. The molecule has 6 heteroatoms. The Labute approximate surface area is 125 Å². The minimum Gasteiger partial charge on any atom is -0.325 e. The molecule has 2 N–H and O–H groups in total. The van der Waals surface area contributed by atoms with Gasteiger partial charge in [0.05, 0.1) is 11.6 Å². The van der Waals surface area contributed by atoms with E-state index < -0.39 is 5.82 Å². The maximum absolute atomic E-state index is 13.0. The highest BCUT2D eigenvalue weighted by molar-refractivity contribution is 6.31. The van der Waals surface area contributed by atoms with Gasteiger partial charge in [-0.3, -0.25) is 4.79 Å². The topological polar surface area (TPSA) is 41.1 Å². The van der Waals surface area contributed by atoms with Crippen LogP contribution in [0.5, 0.6) is 0 Å². The molecule has 2 aromatic rings. The number of rotatable bonds is 5. The van der Waals surface area contributed by atoms with Crippen LogP contribution < -0.4 is 10.6 Å². The molecule has 3 nitrogen and oxygen atoms in total. The van der Waals surface area contributed by atoms with Crippen LogP contribution in [0.15, 0.2) is 42.5 Å². The molecule has 2 aromatic carbocycles. The van der Waals surface area contributed by atoms with Crippen LogP contribution in [0, 0.1) is 11.6 Å². The Morgan fingerprint density at radius 1 is 1.10 bits per heavy atom. The molecule has 0 fully saturated rings. The van der Waals surface area contributed by atoms with E-state index in [0.29, 0.717) is 12.2 Å². The molecular weight excluding hydrogens is 298 g/mol. The van der Waals surface area contributed by atoms with Crippen LogP contribution in [0.3, 0.4) is 0 Å². The first-order valence-corrected chi connectivity index (χ1v) is 6.62. The number of carbonyl (C=O) groups is 1. The Morgan fingerprint density at radius 3 is 2.48 bits per heavy atom. The number of anilines is 1. The number of hydrogen-bond acceptors (Lipinski definition) is 2. The van der Waals surface area contributed by atoms with Crippen LogP contribution in [0.25, 0.3) is 0 Å². The van der Waals surface area contributed by atoms with E-state index in [1.54, 1.807) is 12.1 Å². The average molecular weight is 311 g/mol. The molecular formula is C15H13ClF2N2O. The van der Waals surface area contributed by atoms with E-state index in [9.17, 15) is 13.6 Å². The van der Waals surface area contributed by atoms with E-state index in [4.69, 9.17) is 11.6 Å². The van der Waals surface area contributed by atoms with Crippen molar-refractivity contribution in [3.8, 4) is 0 Å². The minimum atomic E-state index is -0.538. The van der Waals surface area contributed by atoms with E-state index in [1.807, 2.05) is 0 Å². The molecule has 0 atom stereocenters. The molecule has 0 aliphatic rings. The summed E-state index contributed by atoms with van der Waals surface area (Å²) in [6.45, 7) is 0.518. The second-order valence-corrected chi connectivity index (χ2v) is 4.81. The molecule has 0 aliphatic heterocycles. The number of halogens is 3. The second kappa shape index (κ2) is 7.15. The first kappa shape index (κ1) is 15.4. The molecule has 0 spiro atoms. The molecule has 110 valence electrons. The third kappa shape index (κ3) is 4.81. The normalized spacial score (nSPS) is 10.4. The van der Waals surface area contributed by atoms with Crippen molar-refractivity contribution in [1.82, 2.24) is 5.32 Å². The van der Waals surface area contributed by atoms with Crippen molar-refractivity contribution < 1.29 is 13.6 Å². The summed E-state index contributed by atoms with van der Waals surface area (Å²) in [5, 5.41) is 5.47. The highest BCUT2D eigenvalue weighted by atomic mass is 35.5. The quantitative estimate of drug-likeness (QED) is 0.889. The van der Waals surface area contributed by atoms with Gasteiger partial charge in [-0.1, -0.05) is 23.7 Å². The van der Waals surface area contributed by atoms with Crippen LogP contribution in [0.1, 0.15) is 5.56 Å². The van der Waals surface area contributed by atoms with Gasteiger partial charge < -0.3 is 10.6 Å². The Bertz CT molecular complexity index is 632. The van der Waals surface area contributed by atoms with Crippen LogP contribution in [0.4, 0.5) is 14.5 Å². The van der Waals surface area contributed by atoms with Crippen molar-refractivity contribution in [3.63, 3.8) is 0 Å². The predicted molar refractivity (Wildman–Crippen MR) is 78.1 cm³/mol. The minimum absolute atomic E-state index is 0.0490. The van der Waals surface area contributed by atoms with Gasteiger partial charge in [0.25, 0.3) is 0 Å². The molecule has 0 unspecified atom stereocenters. The van der Waals surface area contributed by atoms with E-state index in [0.717, 1.165) is 5.56 Å². The first-order valence-electron chi connectivity index (χ1n) is 6.24.